The van der Waals surface area contributed by atoms with Crippen molar-refractivity contribution in [3.63, 3.8) is 0 Å². The zero-order chi connectivity index (χ0) is 19.1. The van der Waals surface area contributed by atoms with Crippen molar-refractivity contribution < 1.29 is 9.50 Å². The number of fused-ring (bicyclic) bond motifs is 1. The molecule has 0 bridgehead atoms. The molecule has 2 unspecified atom stereocenters. The Morgan fingerprint density at radius 2 is 2.11 bits per heavy atom. The van der Waals surface area contributed by atoms with E-state index in [1.807, 2.05) is 0 Å². The van der Waals surface area contributed by atoms with E-state index in [1.165, 1.54) is 18.7 Å². The van der Waals surface area contributed by atoms with Gasteiger partial charge in [0.1, 0.15) is 11.4 Å². The smallest absolute Gasteiger partial charge is 0.245 e. The van der Waals surface area contributed by atoms with E-state index in [1.54, 1.807) is 18.3 Å². The van der Waals surface area contributed by atoms with E-state index >= 15 is 0 Å². The first-order chi connectivity index (χ1) is 13.7. The standard InChI is InChI=1S/C19H20FN7O/c20-18-14(8-23-25-18)11-1-2-13(17(28)7-11)16-9-22-19(26-24-16)27-6-4-15-12(10-27)3-5-21-15/h1-2,7-9,12,15,21,28H,3-6,10H2,(H,23,25). The first kappa shape index (κ1) is 17.1. The minimum atomic E-state index is -0.612. The van der Waals surface area contributed by atoms with Gasteiger partial charge in [-0.1, -0.05) is 6.07 Å². The van der Waals surface area contributed by atoms with Crippen molar-refractivity contribution >= 4 is 5.95 Å². The van der Waals surface area contributed by atoms with Crippen molar-refractivity contribution in [2.45, 2.75) is 18.9 Å². The summed E-state index contributed by atoms with van der Waals surface area (Å²) in [5.41, 5.74) is 1.79. The van der Waals surface area contributed by atoms with Gasteiger partial charge in [0.15, 0.2) is 0 Å². The number of phenolic OH excluding ortho intramolecular Hbond substituents is 1. The maximum atomic E-state index is 13.6. The van der Waals surface area contributed by atoms with Gasteiger partial charge in [0, 0.05) is 30.9 Å². The fourth-order valence-electron chi connectivity index (χ4n) is 4.16. The van der Waals surface area contributed by atoms with Crippen molar-refractivity contribution in [3.05, 3.63) is 36.5 Å². The topological polar surface area (TPSA) is 103 Å². The van der Waals surface area contributed by atoms with Crippen LogP contribution in [0.15, 0.2) is 30.6 Å². The number of hydrogen-bond acceptors (Lipinski definition) is 7. The summed E-state index contributed by atoms with van der Waals surface area (Å²) in [6.07, 6.45) is 5.34. The van der Waals surface area contributed by atoms with E-state index in [0.717, 1.165) is 26.1 Å². The summed E-state index contributed by atoms with van der Waals surface area (Å²) in [5.74, 6) is 0.626. The van der Waals surface area contributed by atoms with Crippen molar-refractivity contribution in [2.24, 2.45) is 5.92 Å². The van der Waals surface area contributed by atoms with E-state index in [-0.39, 0.29) is 5.75 Å². The van der Waals surface area contributed by atoms with Crippen LogP contribution in [0.3, 0.4) is 0 Å². The molecule has 0 spiro atoms. The number of halogens is 1. The van der Waals surface area contributed by atoms with Gasteiger partial charge in [-0.15, -0.1) is 15.3 Å². The summed E-state index contributed by atoms with van der Waals surface area (Å²) in [4.78, 5) is 6.64. The van der Waals surface area contributed by atoms with Crippen LogP contribution in [0.5, 0.6) is 5.75 Å². The third-order valence-corrected chi connectivity index (χ3v) is 5.67. The number of anilines is 1. The monoisotopic (exact) mass is 381 g/mol. The lowest BCUT2D eigenvalue weighted by Gasteiger charge is -2.34. The Hall–Kier alpha value is -3.07. The second-order valence-electron chi connectivity index (χ2n) is 7.31. The highest BCUT2D eigenvalue weighted by Gasteiger charge is 2.33. The average Bonchev–Trinajstić information content (AvgIpc) is 3.36. The predicted octanol–water partition coefficient (Wildman–Crippen LogP) is 1.96. The molecule has 2 aliphatic rings. The van der Waals surface area contributed by atoms with Crippen LogP contribution >= 0.6 is 0 Å². The molecule has 0 amide bonds. The Kier molecular flexibility index (Phi) is 4.16. The van der Waals surface area contributed by atoms with Gasteiger partial charge in [-0.3, -0.25) is 5.10 Å². The summed E-state index contributed by atoms with van der Waals surface area (Å²) in [5, 5.41) is 28.4. The number of rotatable bonds is 3. The molecule has 3 N–H and O–H groups in total. The molecule has 0 radical (unpaired) electrons. The van der Waals surface area contributed by atoms with Crippen LogP contribution in [0.2, 0.25) is 0 Å². The van der Waals surface area contributed by atoms with Crippen molar-refractivity contribution in [1.82, 2.24) is 30.7 Å². The highest BCUT2D eigenvalue weighted by molar-refractivity contribution is 5.73. The van der Waals surface area contributed by atoms with Crippen LogP contribution in [-0.2, 0) is 0 Å². The van der Waals surface area contributed by atoms with Gasteiger partial charge in [-0.2, -0.15) is 4.39 Å². The minimum Gasteiger partial charge on any atom is -0.507 e. The molecule has 4 heterocycles. The quantitative estimate of drug-likeness (QED) is 0.637. The molecule has 3 aromatic rings. The summed E-state index contributed by atoms with van der Waals surface area (Å²) < 4.78 is 13.6. The second kappa shape index (κ2) is 6.83. The third kappa shape index (κ3) is 2.97. The highest BCUT2D eigenvalue weighted by Crippen LogP contribution is 2.33. The number of hydrogen-bond donors (Lipinski definition) is 3. The van der Waals surface area contributed by atoms with Crippen LogP contribution in [0.4, 0.5) is 10.3 Å². The van der Waals surface area contributed by atoms with Gasteiger partial charge in [0.2, 0.25) is 11.9 Å². The number of nitrogens with one attached hydrogen (secondary N) is 2. The molecule has 9 heteroatoms. The Balaban J connectivity index is 1.36. The molecule has 0 aliphatic carbocycles. The van der Waals surface area contributed by atoms with E-state index in [0.29, 0.717) is 40.3 Å². The normalized spacial score (nSPS) is 21.7. The van der Waals surface area contributed by atoms with Crippen LogP contribution in [0, 0.1) is 11.9 Å². The SMILES string of the molecule is Oc1cc(-c2c[nH]nc2F)ccc1-c1cnc(N2CCC3NCCC3C2)nn1. The van der Waals surface area contributed by atoms with E-state index in [2.05, 4.69) is 35.6 Å². The van der Waals surface area contributed by atoms with E-state index < -0.39 is 5.95 Å². The lowest BCUT2D eigenvalue weighted by molar-refractivity contribution is 0.372. The highest BCUT2D eigenvalue weighted by atomic mass is 19.1. The molecule has 5 rings (SSSR count). The number of benzene rings is 1. The number of nitrogens with zero attached hydrogens (tertiary/aromatic N) is 5. The van der Waals surface area contributed by atoms with Crippen molar-refractivity contribution in [1.29, 1.82) is 0 Å². The summed E-state index contributed by atoms with van der Waals surface area (Å²) in [6, 6.07) is 5.48. The fraction of sp³-hybridized carbons (Fsp3) is 0.368. The third-order valence-electron chi connectivity index (χ3n) is 5.67. The Labute approximate surface area is 160 Å². The lowest BCUT2D eigenvalue weighted by atomic mass is 9.94. The van der Waals surface area contributed by atoms with Gasteiger partial charge in [-0.05, 0) is 43.0 Å². The van der Waals surface area contributed by atoms with Crippen molar-refractivity contribution in [3.8, 4) is 28.1 Å². The Morgan fingerprint density at radius 3 is 2.86 bits per heavy atom. The van der Waals surface area contributed by atoms with Gasteiger partial charge >= 0.3 is 0 Å². The predicted molar refractivity (Wildman–Crippen MR) is 101 cm³/mol. The van der Waals surface area contributed by atoms with Gasteiger partial charge < -0.3 is 15.3 Å². The molecule has 2 saturated heterocycles. The number of H-pyrrole nitrogens is 1. The molecule has 8 nitrogen and oxygen atoms in total. The summed E-state index contributed by atoms with van der Waals surface area (Å²) in [6.45, 7) is 2.93. The van der Waals surface area contributed by atoms with Crippen molar-refractivity contribution in [2.75, 3.05) is 24.5 Å². The molecule has 144 valence electrons. The summed E-state index contributed by atoms with van der Waals surface area (Å²) >= 11 is 0. The number of aromatic hydroxyl groups is 1. The van der Waals surface area contributed by atoms with Gasteiger partial charge in [0.25, 0.3) is 0 Å². The largest absolute Gasteiger partial charge is 0.507 e. The molecule has 2 fully saturated rings. The zero-order valence-electron chi connectivity index (χ0n) is 15.1. The van der Waals surface area contributed by atoms with Crippen LogP contribution in [-0.4, -0.2) is 56.2 Å². The number of phenols is 1. The second-order valence-corrected chi connectivity index (χ2v) is 7.31. The van der Waals surface area contributed by atoms with Crippen LogP contribution in [0.1, 0.15) is 12.8 Å². The lowest BCUT2D eigenvalue weighted by Crippen LogP contribution is -2.45. The number of aromatic amines is 1. The average molecular weight is 381 g/mol. The molecular formula is C19H20FN7O. The Bertz CT molecular complexity index is 990. The first-order valence-electron chi connectivity index (χ1n) is 9.40. The number of aromatic nitrogens is 5. The molecule has 2 aromatic heterocycles. The molecule has 1 aromatic carbocycles. The van der Waals surface area contributed by atoms with Crippen LogP contribution < -0.4 is 10.2 Å². The maximum absolute atomic E-state index is 13.6. The van der Waals surface area contributed by atoms with Crippen LogP contribution in [0.25, 0.3) is 22.4 Å². The van der Waals surface area contributed by atoms with E-state index in [4.69, 9.17) is 0 Å². The molecular weight excluding hydrogens is 361 g/mol. The molecule has 0 saturated carbocycles. The first-order valence-corrected chi connectivity index (χ1v) is 9.40. The molecule has 2 aliphatic heterocycles. The van der Waals surface area contributed by atoms with Gasteiger partial charge in [0.05, 0.1) is 11.8 Å². The zero-order valence-corrected chi connectivity index (χ0v) is 15.1. The Morgan fingerprint density at radius 1 is 1.18 bits per heavy atom. The number of piperidine rings is 1. The van der Waals surface area contributed by atoms with E-state index in [9.17, 15) is 9.50 Å². The van der Waals surface area contributed by atoms with Gasteiger partial charge in [-0.25, -0.2) is 4.98 Å². The molecule has 2 atom stereocenters. The fourth-order valence-corrected chi connectivity index (χ4v) is 4.16. The molecule has 28 heavy (non-hydrogen) atoms. The summed E-state index contributed by atoms with van der Waals surface area (Å²) in [7, 11) is 0. The maximum Gasteiger partial charge on any atom is 0.245 e. The minimum absolute atomic E-state index is 0.0141.